The summed E-state index contributed by atoms with van der Waals surface area (Å²) in [6.45, 7) is 1.53. The van der Waals surface area contributed by atoms with E-state index < -0.39 is 24.2 Å². The van der Waals surface area contributed by atoms with Gasteiger partial charge in [0.25, 0.3) is 0 Å². The zero-order valence-corrected chi connectivity index (χ0v) is 16.4. The summed E-state index contributed by atoms with van der Waals surface area (Å²) < 4.78 is 43.9. The number of rotatable bonds is 3. The van der Waals surface area contributed by atoms with E-state index in [1.54, 1.807) is 18.5 Å². The molecule has 4 aromatic rings. The molecule has 0 spiro atoms. The highest BCUT2D eigenvalue weighted by molar-refractivity contribution is 5.94. The summed E-state index contributed by atoms with van der Waals surface area (Å²) in [7, 11) is 0. The number of pyridine rings is 2. The molecule has 0 saturated carbocycles. The van der Waals surface area contributed by atoms with E-state index in [2.05, 4.69) is 25.1 Å². The highest BCUT2D eigenvalue weighted by Crippen LogP contribution is 2.34. The molecule has 3 atom stereocenters. The molecule has 1 aliphatic carbocycles. The number of alkyl halides is 2. The molecule has 4 aromatic heterocycles. The maximum Gasteiger partial charge on any atom is 0.212 e. The smallest absolute Gasteiger partial charge is 0.212 e. The van der Waals surface area contributed by atoms with Crippen molar-refractivity contribution in [2.75, 3.05) is 0 Å². The van der Waals surface area contributed by atoms with Gasteiger partial charge < -0.3 is 4.98 Å². The molecule has 3 unspecified atom stereocenters. The van der Waals surface area contributed by atoms with Gasteiger partial charge in [0.05, 0.1) is 5.70 Å². The molecule has 0 saturated heterocycles. The number of aromatic nitrogens is 6. The van der Waals surface area contributed by atoms with Crippen molar-refractivity contribution in [3.8, 4) is 22.5 Å². The number of aromatic amines is 1. The van der Waals surface area contributed by atoms with E-state index in [9.17, 15) is 8.78 Å². The van der Waals surface area contributed by atoms with E-state index >= 15 is 4.39 Å². The molecule has 1 aliphatic rings. The Labute approximate surface area is 175 Å². The number of H-pyrrole nitrogens is 1. The molecular weight excluding hydrogens is 405 g/mol. The van der Waals surface area contributed by atoms with Crippen molar-refractivity contribution in [1.29, 1.82) is 0 Å². The van der Waals surface area contributed by atoms with E-state index in [0.717, 1.165) is 10.9 Å². The topological polar surface area (TPSA) is 72.3 Å². The number of nitrogens with zero attached hydrogens (tertiary/aromatic N) is 5. The number of halogens is 3. The Morgan fingerprint density at radius 1 is 1.10 bits per heavy atom. The summed E-state index contributed by atoms with van der Waals surface area (Å²) in [6.07, 6.45) is 7.68. The lowest BCUT2D eigenvalue weighted by molar-refractivity contribution is 0.205. The number of hydrogen-bond donors (Lipinski definition) is 1. The predicted octanol–water partition coefficient (Wildman–Crippen LogP) is 4.75. The average Bonchev–Trinajstić information content (AvgIpc) is 3.39. The van der Waals surface area contributed by atoms with Crippen molar-refractivity contribution < 1.29 is 13.2 Å². The molecule has 0 bridgehead atoms. The van der Waals surface area contributed by atoms with Crippen LogP contribution in [0.2, 0.25) is 0 Å². The van der Waals surface area contributed by atoms with E-state index in [1.807, 2.05) is 6.07 Å². The zero-order chi connectivity index (χ0) is 21.5. The fraction of sp³-hybridized carbons (Fsp3) is 0.182. The Morgan fingerprint density at radius 3 is 2.74 bits per heavy atom. The van der Waals surface area contributed by atoms with Gasteiger partial charge in [0.2, 0.25) is 5.95 Å². The maximum atomic E-state index is 15.1. The second-order valence-electron chi connectivity index (χ2n) is 7.40. The highest BCUT2D eigenvalue weighted by Gasteiger charge is 2.31. The molecule has 0 fully saturated rings. The molecule has 9 heteroatoms. The molecule has 0 aliphatic heterocycles. The van der Waals surface area contributed by atoms with E-state index in [4.69, 9.17) is 0 Å². The lowest BCUT2D eigenvalue weighted by atomic mass is 9.99. The fourth-order valence-electron chi connectivity index (χ4n) is 3.67. The summed E-state index contributed by atoms with van der Waals surface area (Å²) in [6, 6.07) is 4.77. The molecule has 156 valence electrons. The van der Waals surface area contributed by atoms with Crippen LogP contribution in [0.5, 0.6) is 0 Å². The molecule has 5 rings (SSSR count). The van der Waals surface area contributed by atoms with E-state index in [-0.39, 0.29) is 5.70 Å². The summed E-state index contributed by atoms with van der Waals surface area (Å²) in [5, 5.41) is 8.88. The Balaban J connectivity index is 1.61. The quantitative estimate of drug-likeness (QED) is 0.484. The molecule has 0 radical (unpaired) electrons. The summed E-state index contributed by atoms with van der Waals surface area (Å²) in [5.41, 5.74) is 2.95. The van der Waals surface area contributed by atoms with Crippen LogP contribution in [-0.2, 0) is 0 Å². The van der Waals surface area contributed by atoms with Gasteiger partial charge in [0, 0.05) is 46.6 Å². The minimum atomic E-state index is -1.54. The predicted molar refractivity (Wildman–Crippen MR) is 111 cm³/mol. The van der Waals surface area contributed by atoms with E-state index in [0.29, 0.717) is 22.6 Å². The fourth-order valence-corrected chi connectivity index (χ4v) is 3.67. The van der Waals surface area contributed by atoms with Crippen molar-refractivity contribution in [3.63, 3.8) is 0 Å². The van der Waals surface area contributed by atoms with Gasteiger partial charge in [-0.25, -0.2) is 18.7 Å². The second-order valence-corrected chi connectivity index (χ2v) is 7.40. The van der Waals surface area contributed by atoms with Crippen molar-refractivity contribution in [3.05, 3.63) is 67.3 Å². The van der Waals surface area contributed by atoms with Gasteiger partial charge in [0.1, 0.15) is 24.3 Å². The van der Waals surface area contributed by atoms with Crippen LogP contribution in [0.25, 0.3) is 39.2 Å². The summed E-state index contributed by atoms with van der Waals surface area (Å²) >= 11 is 0. The Kier molecular flexibility index (Phi) is 4.65. The first-order valence-electron chi connectivity index (χ1n) is 9.69. The zero-order valence-electron chi connectivity index (χ0n) is 16.4. The third-order valence-electron chi connectivity index (χ3n) is 5.47. The minimum absolute atomic E-state index is 0.255. The van der Waals surface area contributed by atoms with E-state index in [1.165, 1.54) is 48.3 Å². The summed E-state index contributed by atoms with van der Waals surface area (Å²) in [5.74, 6) is -1.01. The van der Waals surface area contributed by atoms with Gasteiger partial charge in [-0.05, 0) is 24.3 Å². The van der Waals surface area contributed by atoms with Crippen LogP contribution in [0.1, 0.15) is 6.92 Å². The molecule has 31 heavy (non-hydrogen) atoms. The van der Waals surface area contributed by atoms with Crippen molar-refractivity contribution in [1.82, 2.24) is 29.7 Å². The van der Waals surface area contributed by atoms with Crippen LogP contribution in [0.15, 0.2) is 61.3 Å². The third-order valence-corrected chi connectivity index (χ3v) is 5.47. The number of fused-ring (bicyclic) bond motifs is 1. The van der Waals surface area contributed by atoms with Crippen molar-refractivity contribution in [2.45, 2.75) is 19.3 Å². The SMILES string of the molecule is CC1C(F)C=CC=C(n2cnnc2-c2c[nH]c3ncc(-c4ccc(F)nc4)cc23)C1F. The standard InChI is InChI=1S/C22H17F3N6/c1-12-17(23)3-2-4-18(20(12)25)31-11-29-30-22(31)16-10-28-21-15(16)7-14(9-27-21)13-5-6-19(24)26-8-13/h2-12,17,20H,1H3,(H,27,28). The molecule has 6 nitrogen and oxygen atoms in total. The lowest BCUT2D eigenvalue weighted by Gasteiger charge is -2.20. The third kappa shape index (κ3) is 3.31. The van der Waals surface area contributed by atoms with Gasteiger partial charge in [-0.2, -0.15) is 4.39 Å². The lowest BCUT2D eigenvalue weighted by Crippen LogP contribution is -2.24. The molecule has 0 aromatic carbocycles. The first kappa shape index (κ1) is 19.2. The molecular formula is C22H17F3N6. The van der Waals surface area contributed by atoms with Gasteiger partial charge >= 0.3 is 0 Å². The average molecular weight is 422 g/mol. The number of hydrogen-bond acceptors (Lipinski definition) is 4. The summed E-state index contributed by atoms with van der Waals surface area (Å²) in [4.78, 5) is 11.2. The first-order chi connectivity index (χ1) is 15.0. The van der Waals surface area contributed by atoms with Crippen LogP contribution >= 0.6 is 0 Å². The van der Waals surface area contributed by atoms with Crippen LogP contribution in [-0.4, -0.2) is 42.1 Å². The van der Waals surface area contributed by atoms with Gasteiger partial charge in [0.15, 0.2) is 5.82 Å². The molecule has 1 N–H and O–H groups in total. The van der Waals surface area contributed by atoms with Crippen molar-refractivity contribution >= 4 is 16.7 Å². The Hall–Kier alpha value is -3.75. The number of allylic oxidation sites excluding steroid dienone is 4. The largest absolute Gasteiger partial charge is 0.345 e. The van der Waals surface area contributed by atoms with Crippen LogP contribution in [0, 0.1) is 11.9 Å². The highest BCUT2D eigenvalue weighted by atomic mass is 19.1. The second kappa shape index (κ2) is 7.50. The minimum Gasteiger partial charge on any atom is -0.345 e. The van der Waals surface area contributed by atoms with Gasteiger partial charge in [-0.1, -0.05) is 19.1 Å². The normalized spacial score (nSPS) is 21.3. The van der Waals surface area contributed by atoms with Crippen LogP contribution in [0.3, 0.4) is 0 Å². The van der Waals surface area contributed by atoms with Gasteiger partial charge in [-0.3, -0.25) is 4.57 Å². The van der Waals surface area contributed by atoms with Crippen molar-refractivity contribution in [2.24, 2.45) is 5.92 Å². The Bertz CT molecular complexity index is 1300. The first-order valence-corrected chi connectivity index (χ1v) is 9.69. The number of nitrogens with one attached hydrogen (secondary N) is 1. The van der Waals surface area contributed by atoms with Crippen LogP contribution in [0.4, 0.5) is 13.2 Å². The molecule has 0 amide bonds. The molecule has 4 heterocycles. The van der Waals surface area contributed by atoms with Gasteiger partial charge in [-0.15, -0.1) is 10.2 Å². The Morgan fingerprint density at radius 2 is 1.94 bits per heavy atom. The maximum absolute atomic E-state index is 15.1. The monoisotopic (exact) mass is 422 g/mol. The van der Waals surface area contributed by atoms with Crippen LogP contribution < -0.4 is 0 Å².